The Bertz CT molecular complexity index is 1280. The molecule has 0 aliphatic rings. The third kappa shape index (κ3) is 3.73. The Labute approximate surface area is 168 Å². The van der Waals surface area contributed by atoms with Crippen molar-refractivity contribution >= 4 is 38.7 Å². The van der Waals surface area contributed by atoms with Gasteiger partial charge in [0, 0.05) is 12.6 Å². The molecular weight excluding hydrogens is 427 g/mol. The predicted octanol–water partition coefficient (Wildman–Crippen LogP) is 4.13. The SMILES string of the molecule is CCn1c(/C=C/c2ccc(O)c([N+](=O)[O-])c2)nc2cc(S(=O)(=O)C(F)(F)F)ccc21. The Morgan fingerprint density at radius 2 is 1.90 bits per heavy atom. The summed E-state index contributed by atoms with van der Waals surface area (Å²) in [4.78, 5) is 13.5. The van der Waals surface area contributed by atoms with E-state index < -0.39 is 36.6 Å². The molecule has 0 aliphatic carbocycles. The molecule has 0 unspecified atom stereocenters. The van der Waals surface area contributed by atoms with Crippen LogP contribution in [0.1, 0.15) is 18.3 Å². The Kier molecular flexibility index (Phi) is 5.29. The third-order valence-electron chi connectivity index (χ3n) is 4.30. The van der Waals surface area contributed by atoms with Crippen molar-refractivity contribution in [3.63, 3.8) is 0 Å². The molecule has 0 bridgehead atoms. The number of rotatable bonds is 5. The average molecular weight is 441 g/mol. The summed E-state index contributed by atoms with van der Waals surface area (Å²) in [7, 11) is -5.51. The van der Waals surface area contributed by atoms with Crippen molar-refractivity contribution in [1.82, 2.24) is 9.55 Å². The molecule has 3 rings (SSSR count). The van der Waals surface area contributed by atoms with E-state index in [1.165, 1.54) is 24.3 Å². The first-order valence-corrected chi connectivity index (χ1v) is 9.91. The maximum atomic E-state index is 12.8. The normalized spacial score (nSPS) is 12.7. The Balaban J connectivity index is 2.06. The summed E-state index contributed by atoms with van der Waals surface area (Å²) in [6.45, 7) is 2.15. The first kappa shape index (κ1) is 21.3. The monoisotopic (exact) mass is 441 g/mol. The lowest BCUT2D eigenvalue weighted by Crippen LogP contribution is -2.23. The molecule has 1 heterocycles. The van der Waals surface area contributed by atoms with E-state index in [1.54, 1.807) is 11.5 Å². The van der Waals surface area contributed by atoms with Gasteiger partial charge in [0.05, 0.1) is 20.9 Å². The fourth-order valence-corrected chi connectivity index (χ4v) is 3.63. The highest BCUT2D eigenvalue weighted by Gasteiger charge is 2.47. The van der Waals surface area contributed by atoms with Gasteiger partial charge in [0.2, 0.25) is 0 Å². The highest BCUT2D eigenvalue weighted by Crippen LogP contribution is 2.32. The van der Waals surface area contributed by atoms with Crippen molar-refractivity contribution in [1.29, 1.82) is 0 Å². The summed E-state index contributed by atoms with van der Waals surface area (Å²) >= 11 is 0. The summed E-state index contributed by atoms with van der Waals surface area (Å²) in [5.74, 6) is -0.180. The number of alkyl halides is 3. The second kappa shape index (κ2) is 7.44. The van der Waals surface area contributed by atoms with Crippen LogP contribution in [-0.4, -0.2) is 33.5 Å². The standard InChI is InChI=1S/C18H14F3N3O5S/c1-2-23-14-6-5-12(30(28,29)18(19,20)21)10-13(14)22-17(23)8-4-11-3-7-16(25)15(9-11)24(26)27/h3-10,25H,2H2,1H3/b8-4+. The van der Waals surface area contributed by atoms with Crippen molar-refractivity contribution in [2.24, 2.45) is 0 Å². The molecular formula is C18H14F3N3O5S. The van der Waals surface area contributed by atoms with Gasteiger partial charge in [-0.3, -0.25) is 10.1 Å². The number of phenols is 1. The topological polar surface area (TPSA) is 115 Å². The molecule has 0 aliphatic heterocycles. The zero-order chi connectivity index (χ0) is 22.3. The van der Waals surface area contributed by atoms with Gasteiger partial charge in [0.15, 0.2) is 5.75 Å². The highest BCUT2D eigenvalue weighted by molar-refractivity contribution is 7.92. The van der Waals surface area contributed by atoms with Gasteiger partial charge in [0.1, 0.15) is 5.82 Å². The number of nitrogens with zero attached hydrogens (tertiary/aromatic N) is 3. The lowest BCUT2D eigenvalue weighted by Gasteiger charge is -2.08. The number of sulfone groups is 1. The second-order valence-corrected chi connectivity index (χ2v) is 8.09. The molecule has 30 heavy (non-hydrogen) atoms. The number of fused-ring (bicyclic) bond motifs is 1. The average Bonchev–Trinajstić information content (AvgIpc) is 3.02. The quantitative estimate of drug-likeness (QED) is 0.470. The molecule has 158 valence electrons. The fraction of sp³-hybridized carbons (Fsp3) is 0.167. The van der Waals surface area contributed by atoms with Gasteiger partial charge < -0.3 is 9.67 Å². The molecule has 2 aromatic carbocycles. The van der Waals surface area contributed by atoms with Crippen LogP contribution in [0.2, 0.25) is 0 Å². The molecule has 8 nitrogen and oxygen atoms in total. The van der Waals surface area contributed by atoms with Crippen LogP contribution in [0.25, 0.3) is 23.2 Å². The number of hydrogen-bond donors (Lipinski definition) is 1. The minimum Gasteiger partial charge on any atom is -0.502 e. The molecule has 0 atom stereocenters. The summed E-state index contributed by atoms with van der Waals surface area (Å²) in [6, 6.07) is 6.72. The summed E-state index contributed by atoms with van der Waals surface area (Å²) < 4.78 is 63.3. The van der Waals surface area contributed by atoms with E-state index in [0.717, 1.165) is 24.3 Å². The molecule has 0 saturated carbocycles. The number of halogens is 3. The number of benzene rings is 2. The van der Waals surface area contributed by atoms with Crippen molar-refractivity contribution < 1.29 is 31.6 Å². The number of aromatic hydroxyl groups is 1. The Hall–Kier alpha value is -3.41. The van der Waals surface area contributed by atoms with Gasteiger partial charge in [0.25, 0.3) is 9.84 Å². The molecule has 1 aromatic heterocycles. The van der Waals surface area contributed by atoms with Gasteiger partial charge >= 0.3 is 11.2 Å². The molecule has 0 amide bonds. The van der Waals surface area contributed by atoms with Crippen molar-refractivity contribution in [2.45, 2.75) is 23.9 Å². The number of aryl methyl sites for hydroxylation is 1. The zero-order valence-electron chi connectivity index (χ0n) is 15.3. The van der Waals surface area contributed by atoms with Crippen LogP contribution >= 0.6 is 0 Å². The van der Waals surface area contributed by atoms with E-state index in [-0.39, 0.29) is 5.52 Å². The molecule has 0 fully saturated rings. The Morgan fingerprint density at radius 3 is 2.50 bits per heavy atom. The van der Waals surface area contributed by atoms with Gasteiger partial charge in [-0.1, -0.05) is 12.1 Å². The largest absolute Gasteiger partial charge is 0.502 e. The first-order chi connectivity index (χ1) is 14.0. The molecule has 3 aromatic rings. The van der Waals surface area contributed by atoms with E-state index in [2.05, 4.69) is 4.98 Å². The van der Waals surface area contributed by atoms with Crippen LogP contribution in [0.15, 0.2) is 41.3 Å². The maximum Gasteiger partial charge on any atom is 0.501 e. The van der Waals surface area contributed by atoms with Gasteiger partial charge in [-0.2, -0.15) is 13.2 Å². The van der Waals surface area contributed by atoms with Crippen LogP contribution in [-0.2, 0) is 16.4 Å². The smallest absolute Gasteiger partial charge is 0.501 e. The second-order valence-electron chi connectivity index (χ2n) is 6.15. The van der Waals surface area contributed by atoms with E-state index in [1.807, 2.05) is 0 Å². The third-order valence-corrected chi connectivity index (χ3v) is 5.79. The van der Waals surface area contributed by atoms with E-state index in [4.69, 9.17) is 0 Å². The number of nitro benzene ring substituents is 1. The van der Waals surface area contributed by atoms with Crippen LogP contribution < -0.4 is 0 Å². The minimum atomic E-state index is -5.51. The Morgan fingerprint density at radius 1 is 1.20 bits per heavy atom. The zero-order valence-corrected chi connectivity index (χ0v) is 16.1. The van der Waals surface area contributed by atoms with Gasteiger partial charge in [-0.25, -0.2) is 13.4 Å². The lowest BCUT2D eigenvalue weighted by molar-refractivity contribution is -0.385. The van der Waals surface area contributed by atoms with Gasteiger partial charge in [-0.05, 0) is 42.8 Å². The molecule has 1 N–H and O–H groups in total. The predicted molar refractivity (Wildman–Crippen MR) is 102 cm³/mol. The van der Waals surface area contributed by atoms with Crippen molar-refractivity contribution in [3.05, 3.63) is 57.9 Å². The highest BCUT2D eigenvalue weighted by atomic mass is 32.2. The number of phenolic OH excluding ortho intramolecular Hbond substituents is 1. The summed E-state index contributed by atoms with van der Waals surface area (Å²) in [5, 5.41) is 20.4. The number of nitro groups is 1. The molecule has 0 radical (unpaired) electrons. The van der Waals surface area contributed by atoms with Crippen molar-refractivity contribution in [3.8, 4) is 5.75 Å². The summed E-state index contributed by atoms with van der Waals surface area (Å²) in [5.41, 5.74) is -5.05. The van der Waals surface area contributed by atoms with Crippen LogP contribution in [0.3, 0.4) is 0 Å². The number of imidazole rings is 1. The van der Waals surface area contributed by atoms with Crippen LogP contribution in [0.4, 0.5) is 18.9 Å². The number of hydrogen-bond acceptors (Lipinski definition) is 6. The lowest BCUT2D eigenvalue weighted by atomic mass is 10.1. The maximum absolute atomic E-state index is 12.8. The van der Waals surface area contributed by atoms with Crippen LogP contribution in [0.5, 0.6) is 5.75 Å². The minimum absolute atomic E-state index is 0.0542. The molecule has 12 heteroatoms. The van der Waals surface area contributed by atoms with E-state index in [0.29, 0.717) is 23.4 Å². The molecule has 0 spiro atoms. The fourth-order valence-electron chi connectivity index (χ4n) is 2.85. The van der Waals surface area contributed by atoms with Crippen LogP contribution in [0, 0.1) is 10.1 Å². The molecule has 0 saturated heterocycles. The summed E-state index contributed by atoms with van der Waals surface area (Å²) in [6.07, 6.45) is 2.96. The van der Waals surface area contributed by atoms with E-state index in [9.17, 15) is 36.8 Å². The van der Waals surface area contributed by atoms with Gasteiger partial charge in [-0.15, -0.1) is 0 Å². The number of aromatic nitrogens is 2. The first-order valence-electron chi connectivity index (χ1n) is 8.43. The van der Waals surface area contributed by atoms with Crippen molar-refractivity contribution in [2.75, 3.05) is 0 Å². The van der Waals surface area contributed by atoms with E-state index >= 15 is 0 Å².